The number of hydrogen-bond acceptors (Lipinski definition) is 3. The predicted molar refractivity (Wildman–Crippen MR) is 69.8 cm³/mol. The second-order valence-corrected chi connectivity index (χ2v) is 6.27. The molecule has 3 N–H and O–H groups in total. The van der Waals surface area contributed by atoms with Gasteiger partial charge in [0.25, 0.3) is 10.2 Å². The van der Waals surface area contributed by atoms with Gasteiger partial charge in [-0.1, -0.05) is 6.07 Å². The van der Waals surface area contributed by atoms with Gasteiger partial charge in [-0.15, -0.1) is 0 Å². The van der Waals surface area contributed by atoms with Crippen molar-refractivity contribution in [3.8, 4) is 0 Å². The topological polar surface area (TPSA) is 95.5 Å². The van der Waals surface area contributed by atoms with Gasteiger partial charge < -0.3 is 5.11 Å². The van der Waals surface area contributed by atoms with Gasteiger partial charge in [0, 0.05) is 10.5 Å². The van der Waals surface area contributed by atoms with E-state index in [-0.39, 0.29) is 17.3 Å². The molecule has 1 aromatic carbocycles. The van der Waals surface area contributed by atoms with Crippen LogP contribution in [0, 0.1) is 0 Å². The molecule has 0 aromatic heterocycles. The molecule has 6 nitrogen and oxygen atoms in total. The Morgan fingerprint density at radius 1 is 1.39 bits per heavy atom. The standard InChI is InChI=1S/C10H11BrN2O4S/c11-8-3-1-2-7(10(14)15)9(8)13-18(16,17)12-6-4-5-6/h1-3,6,12-13H,4-5H2,(H,14,15). The Kier molecular flexibility index (Phi) is 3.60. The molecule has 0 radical (unpaired) electrons. The van der Waals surface area contributed by atoms with Gasteiger partial charge in [-0.3, -0.25) is 4.72 Å². The largest absolute Gasteiger partial charge is 0.478 e. The highest BCUT2D eigenvalue weighted by molar-refractivity contribution is 9.10. The second-order valence-electron chi connectivity index (χ2n) is 3.97. The predicted octanol–water partition coefficient (Wildman–Crippen LogP) is 1.56. The summed E-state index contributed by atoms with van der Waals surface area (Å²) in [5, 5.41) is 9.01. The molecule has 0 bridgehead atoms. The van der Waals surface area contributed by atoms with Crippen molar-refractivity contribution in [2.75, 3.05) is 4.72 Å². The van der Waals surface area contributed by atoms with Crippen LogP contribution in [-0.4, -0.2) is 25.5 Å². The van der Waals surface area contributed by atoms with E-state index in [1.807, 2.05) is 0 Å². The highest BCUT2D eigenvalue weighted by Gasteiger charge is 2.28. The molecule has 8 heteroatoms. The van der Waals surface area contributed by atoms with Gasteiger partial charge in [0.1, 0.15) is 0 Å². The van der Waals surface area contributed by atoms with E-state index in [1.54, 1.807) is 6.07 Å². The molecule has 1 aromatic rings. The Hall–Kier alpha value is -1.12. The van der Waals surface area contributed by atoms with Crippen molar-refractivity contribution >= 4 is 37.8 Å². The Balaban J connectivity index is 2.29. The van der Waals surface area contributed by atoms with Crippen LogP contribution in [0.25, 0.3) is 0 Å². The number of rotatable bonds is 5. The number of carbonyl (C=O) groups is 1. The van der Waals surface area contributed by atoms with Crippen LogP contribution in [0.1, 0.15) is 23.2 Å². The van der Waals surface area contributed by atoms with Crippen LogP contribution >= 0.6 is 15.9 Å². The lowest BCUT2D eigenvalue weighted by molar-refractivity contribution is 0.0698. The van der Waals surface area contributed by atoms with Crippen molar-refractivity contribution in [1.29, 1.82) is 0 Å². The van der Waals surface area contributed by atoms with Crippen molar-refractivity contribution < 1.29 is 18.3 Å². The first kappa shape index (κ1) is 13.3. The van der Waals surface area contributed by atoms with Crippen LogP contribution in [0.3, 0.4) is 0 Å². The SMILES string of the molecule is O=C(O)c1cccc(Br)c1NS(=O)(=O)NC1CC1. The molecule has 0 unspecified atom stereocenters. The summed E-state index contributed by atoms with van der Waals surface area (Å²) < 4.78 is 28.5. The minimum Gasteiger partial charge on any atom is -0.478 e. The maximum absolute atomic E-state index is 11.7. The van der Waals surface area contributed by atoms with Gasteiger partial charge in [0.05, 0.1) is 11.3 Å². The smallest absolute Gasteiger partial charge is 0.337 e. The lowest BCUT2D eigenvalue weighted by Crippen LogP contribution is -2.32. The van der Waals surface area contributed by atoms with E-state index in [0.29, 0.717) is 4.47 Å². The van der Waals surface area contributed by atoms with Gasteiger partial charge in [-0.25, -0.2) is 4.79 Å². The third-order valence-corrected chi connectivity index (χ3v) is 4.16. The molecule has 0 aliphatic heterocycles. The van der Waals surface area contributed by atoms with Gasteiger partial charge >= 0.3 is 5.97 Å². The highest BCUT2D eigenvalue weighted by atomic mass is 79.9. The molecule has 0 spiro atoms. The van der Waals surface area contributed by atoms with E-state index in [2.05, 4.69) is 25.4 Å². The average Bonchev–Trinajstić information content (AvgIpc) is 3.03. The van der Waals surface area contributed by atoms with Crippen LogP contribution in [0.5, 0.6) is 0 Å². The number of para-hydroxylation sites is 1. The molecule has 0 atom stereocenters. The van der Waals surface area contributed by atoms with Gasteiger partial charge in [0.2, 0.25) is 0 Å². The zero-order valence-electron chi connectivity index (χ0n) is 9.18. The number of anilines is 1. The molecule has 0 saturated heterocycles. The van der Waals surface area contributed by atoms with Crippen LogP contribution in [0.15, 0.2) is 22.7 Å². The summed E-state index contributed by atoms with van der Waals surface area (Å²) in [5.41, 5.74) is -0.0799. The number of hydrogen-bond donors (Lipinski definition) is 3. The third-order valence-electron chi connectivity index (χ3n) is 2.38. The summed E-state index contributed by atoms with van der Waals surface area (Å²) in [4.78, 5) is 11.0. The second kappa shape index (κ2) is 4.87. The fourth-order valence-corrected chi connectivity index (χ4v) is 3.21. The zero-order chi connectivity index (χ0) is 13.3. The Bertz CT molecular complexity index is 584. The summed E-state index contributed by atoms with van der Waals surface area (Å²) in [6.45, 7) is 0. The minimum atomic E-state index is -3.74. The number of halogens is 1. The van der Waals surface area contributed by atoms with Crippen LogP contribution in [-0.2, 0) is 10.2 Å². The van der Waals surface area contributed by atoms with E-state index >= 15 is 0 Å². The summed E-state index contributed by atoms with van der Waals surface area (Å²) in [6.07, 6.45) is 1.62. The van der Waals surface area contributed by atoms with E-state index in [9.17, 15) is 13.2 Å². The maximum atomic E-state index is 11.7. The van der Waals surface area contributed by atoms with E-state index < -0.39 is 16.2 Å². The van der Waals surface area contributed by atoms with E-state index in [4.69, 9.17) is 5.11 Å². The van der Waals surface area contributed by atoms with Crippen molar-refractivity contribution in [2.45, 2.75) is 18.9 Å². The summed E-state index contributed by atoms with van der Waals surface area (Å²) in [5.74, 6) is -1.19. The Labute approximate surface area is 113 Å². The van der Waals surface area contributed by atoms with Gasteiger partial charge in [-0.2, -0.15) is 13.1 Å². The zero-order valence-corrected chi connectivity index (χ0v) is 11.6. The Morgan fingerprint density at radius 2 is 2.06 bits per heavy atom. The van der Waals surface area contributed by atoms with Gasteiger partial charge in [-0.05, 0) is 40.9 Å². The van der Waals surface area contributed by atoms with Gasteiger partial charge in [0.15, 0.2) is 0 Å². The number of benzene rings is 1. The number of aromatic carboxylic acids is 1. The minimum absolute atomic E-state index is 0.0261. The molecule has 1 fully saturated rings. The van der Waals surface area contributed by atoms with Crippen LogP contribution < -0.4 is 9.44 Å². The first-order valence-corrected chi connectivity index (χ1v) is 7.48. The fraction of sp³-hybridized carbons (Fsp3) is 0.300. The molecule has 18 heavy (non-hydrogen) atoms. The average molecular weight is 335 g/mol. The van der Waals surface area contributed by atoms with Crippen molar-refractivity contribution in [3.63, 3.8) is 0 Å². The lowest BCUT2D eigenvalue weighted by atomic mass is 10.2. The van der Waals surface area contributed by atoms with E-state index in [0.717, 1.165) is 12.8 Å². The first-order valence-electron chi connectivity index (χ1n) is 5.21. The Morgan fingerprint density at radius 3 is 2.61 bits per heavy atom. The number of nitrogens with one attached hydrogen (secondary N) is 2. The molecule has 1 aliphatic carbocycles. The molecule has 2 rings (SSSR count). The summed E-state index contributed by atoms with van der Waals surface area (Å²) >= 11 is 3.13. The molecular formula is C10H11BrN2O4S. The highest BCUT2D eigenvalue weighted by Crippen LogP contribution is 2.28. The quantitative estimate of drug-likeness (QED) is 0.761. The third kappa shape index (κ3) is 3.21. The lowest BCUT2D eigenvalue weighted by Gasteiger charge is -2.12. The number of carboxylic acids is 1. The summed E-state index contributed by atoms with van der Waals surface area (Å²) in [7, 11) is -3.74. The molecule has 0 amide bonds. The first-order chi connectivity index (χ1) is 8.39. The fourth-order valence-electron chi connectivity index (χ4n) is 1.39. The van der Waals surface area contributed by atoms with Crippen LogP contribution in [0.2, 0.25) is 0 Å². The molecule has 1 aliphatic rings. The maximum Gasteiger partial charge on any atom is 0.337 e. The molecular weight excluding hydrogens is 324 g/mol. The van der Waals surface area contributed by atoms with Crippen LogP contribution in [0.4, 0.5) is 5.69 Å². The van der Waals surface area contributed by atoms with Crippen molar-refractivity contribution in [3.05, 3.63) is 28.2 Å². The van der Waals surface area contributed by atoms with Crippen molar-refractivity contribution in [2.24, 2.45) is 0 Å². The monoisotopic (exact) mass is 334 g/mol. The molecule has 0 heterocycles. The van der Waals surface area contributed by atoms with Crippen molar-refractivity contribution in [1.82, 2.24) is 4.72 Å². The molecule has 98 valence electrons. The van der Waals surface area contributed by atoms with E-state index in [1.165, 1.54) is 12.1 Å². The summed E-state index contributed by atoms with van der Waals surface area (Å²) in [6, 6.07) is 4.39. The number of carboxylic acid groups (broad SMARTS) is 1. The molecule has 1 saturated carbocycles. The normalized spacial score (nSPS) is 15.4.